The molecular weight excluding hydrogens is 322 g/mol. The van der Waals surface area contributed by atoms with E-state index in [1.165, 1.54) is 22.9 Å². The zero-order valence-corrected chi connectivity index (χ0v) is 13.9. The van der Waals surface area contributed by atoms with Crippen LogP contribution in [0.3, 0.4) is 0 Å². The number of carbonyl (C=O) groups excluding carboxylic acids is 2. The first kappa shape index (κ1) is 17.5. The Hall–Kier alpha value is -1.87. The molecule has 8 nitrogen and oxygen atoms in total. The molecule has 0 saturated carbocycles. The van der Waals surface area contributed by atoms with E-state index in [2.05, 4.69) is 10.6 Å². The maximum Gasteiger partial charge on any atom is 0.287 e. The molecule has 1 fully saturated rings. The van der Waals surface area contributed by atoms with Crippen molar-refractivity contribution in [2.45, 2.75) is 31.8 Å². The van der Waals surface area contributed by atoms with E-state index in [0.717, 1.165) is 0 Å². The van der Waals surface area contributed by atoms with Gasteiger partial charge in [0.15, 0.2) is 5.76 Å². The number of nitrogens with zero attached hydrogens (tertiary/aromatic N) is 1. The molecule has 2 rings (SSSR count). The number of piperidine rings is 1. The summed E-state index contributed by atoms with van der Waals surface area (Å²) in [6.45, 7) is 2.36. The van der Waals surface area contributed by atoms with Crippen molar-refractivity contribution < 1.29 is 22.4 Å². The molecule has 0 spiro atoms. The van der Waals surface area contributed by atoms with Gasteiger partial charge in [-0.3, -0.25) is 9.59 Å². The lowest BCUT2D eigenvalue weighted by molar-refractivity contribution is -0.123. The van der Waals surface area contributed by atoms with Crippen LogP contribution >= 0.6 is 0 Å². The third-order valence-corrected chi connectivity index (χ3v) is 5.06. The lowest BCUT2D eigenvalue weighted by atomic mass is 10.1. The van der Waals surface area contributed by atoms with Crippen LogP contribution in [0, 0.1) is 0 Å². The van der Waals surface area contributed by atoms with Crippen LogP contribution in [-0.2, 0) is 14.8 Å². The van der Waals surface area contributed by atoms with Gasteiger partial charge in [0, 0.05) is 19.1 Å². The second kappa shape index (κ2) is 7.14. The van der Waals surface area contributed by atoms with Gasteiger partial charge in [-0.15, -0.1) is 0 Å². The number of nitrogens with one attached hydrogen (secondary N) is 2. The molecule has 1 aliphatic heterocycles. The fraction of sp³-hybridized carbons (Fsp3) is 0.571. The second-order valence-corrected chi connectivity index (χ2v) is 7.60. The Balaban J connectivity index is 1.79. The van der Waals surface area contributed by atoms with Gasteiger partial charge in [0.2, 0.25) is 15.9 Å². The summed E-state index contributed by atoms with van der Waals surface area (Å²) in [4.78, 5) is 23.9. The van der Waals surface area contributed by atoms with Crippen molar-refractivity contribution in [2.24, 2.45) is 0 Å². The fourth-order valence-corrected chi connectivity index (χ4v) is 3.27. The van der Waals surface area contributed by atoms with Crippen LogP contribution in [0.2, 0.25) is 0 Å². The van der Waals surface area contributed by atoms with Gasteiger partial charge in [-0.2, -0.15) is 0 Å². The van der Waals surface area contributed by atoms with Gasteiger partial charge in [0.1, 0.15) is 6.04 Å². The summed E-state index contributed by atoms with van der Waals surface area (Å²) in [6.07, 6.45) is 3.67. The molecule has 128 valence electrons. The topological polar surface area (TPSA) is 109 Å². The zero-order valence-electron chi connectivity index (χ0n) is 13.1. The maximum absolute atomic E-state index is 12.1. The van der Waals surface area contributed by atoms with Crippen molar-refractivity contribution in [3.05, 3.63) is 24.2 Å². The summed E-state index contributed by atoms with van der Waals surface area (Å²) >= 11 is 0. The Kier molecular flexibility index (Phi) is 5.42. The Morgan fingerprint density at radius 1 is 1.35 bits per heavy atom. The first-order valence-electron chi connectivity index (χ1n) is 7.37. The molecule has 0 unspecified atom stereocenters. The summed E-state index contributed by atoms with van der Waals surface area (Å²) in [5.41, 5.74) is 0. The Morgan fingerprint density at radius 3 is 2.52 bits per heavy atom. The largest absolute Gasteiger partial charge is 0.459 e. The highest BCUT2D eigenvalue weighted by Gasteiger charge is 2.27. The summed E-state index contributed by atoms with van der Waals surface area (Å²) in [5.74, 6) is -0.613. The lowest BCUT2D eigenvalue weighted by Crippen LogP contribution is -2.51. The number of carbonyl (C=O) groups is 2. The minimum Gasteiger partial charge on any atom is -0.459 e. The Morgan fingerprint density at radius 2 is 2.00 bits per heavy atom. The van der Waals surface area contributed by atoms with Crippen molar-refractivity contribution in [3.8, 4) is 0 Å². The summed E-state index contributed by atoms with van der Waals surface area (Å²) < 4.78 is 29.2. The van der Waals surface area contributed by atoms with Crippen LogP contribution in [0.15, 0.2) is 22.8 Å². The standard InChI is InChI=1S/C14H21N3O5S/c1-10(15-14(19)12-4-3-9-22-12)13(18)16-11-5-7-17(8-6-11)23(2,20)21/h3-4,9-11H,5-8H2,1-2H3,(H,15,19)(H,16,18)/t10-/m1/s1. The molecule has 0 aromatic carbocycles. The second-order valence-electron chi connectivity index (χ2n) is 5.62. The van der Waals surface area contributed by atoms with Crippen molar-refractivity contribution >= 4 is 21.8 Å². The van der Waals surface area contributed by atoms with E-state index < -0.39 is 22.0 Å². The molecule has 1 aromatic rings. The number of hydrogen-bond donors (Lipinski definition) is 2. The smallest absolute Gasteiger partial charge is 0.287 e. The monoisotopic (exact) mass is 343 g/mol. The third kappa shape index (κ3) is 4.80. The SMILES string of the molecule is C[C@@H](NC(=O)c1ccco1)C(=O)NC1CCN(S(C)(=O)=O)CC1. The molecule has 9 heteroatoms. The lowest BCUT2D eigenvalue weighted by Gasteiger charge is -2.31. The van der Waals surface area contributed by atoms with Gasteiger partial charge in [-0.05, 0) is 31.9 Å². The van der Waals surface area contributed by atoms with Crippen molar-refractivity contribution in [3.63, 3.8) is 0 Å². The normalized spacial score (nSPS) is 18.3. The molecule has 0 radical (unpaired) electrons. The Bertz CT molecular complexity index is 648. The number of furan rings is 1. The van der Waals surface area contributed by atoms with E-state index in [1.54, 1.807) is 13.0 Å². The predicted octanol–water partition coefficient (Wildman–Crippen LogP) is -0.0619. The number of sulfonamides is 1. The van der Waals surface area contributed by atoms with Gasteiger partial charge in [0.25, 0.3) is 5.91 Å². The van der Waals surface area contributed by atoms with Crippen LogP contribution < -0.4 is 10.6 Å². The molecule has 1 atom stereocenters. The number of rotatable bonds is 5. The molecule has 23 heavy (non-hydrogen) atoms. The van der Waals surface area contributed by atoms with E-state index in [1.807, 2.05) is 0 Å². The average molecular weight is 343 g/mol. The van der Waals surface area contributed by atoms with Gasteiger partial charge in [-0.1, -0.05) is 0 Å². The fourth-order valence-electron chi connectivity index (χ4n) is 2.40. The van der Waals surface area contributed by atoms with Crippen molar-refractivity contribution in [1.29, 1.82) is 0 Å². The van der Waals surface area contributed by atoms with E-state index in [0.29, 0.717) is 25.9 Å². The minimum atomic E-state index is -3.18. The first-order chi connectivity index (χ1) is 10.8. The van der Waals surface area contributed by atoms with Crippen LogP contribution in [0.25, 0.3) is 0 Å². The maximum atomic E-state index is 12.1. The predicted molar refractivity (Wildman–Crippen MR) is 83.2 cm³/mol. The molecule has 1 aliphatic rings. The molecular formula is C14H21N3O5S. The van der Waals surface area contributed by atoms with E-state index in [4.69, 9.17) is 4.42 Å². The number of amides is 2. The molecule has 2 amide bonds. The van der Waals surface area contributed by atoms with Crippen LogP contribution in [-0.4, -0.2) is 56.0 Å². The summed E-state index contributed by atoms with van der Waals surface area (Å²) in [5, 5.41) is 5.39. The molecule has 0 bridgehead atoms. The van der Waals surface area contributed by atoms with Crippen LogP contribution in [0.5, 0.6) is 0 Å². The molecule has 2 heterocycles. The highest BCUT2D eigenvalue weighted by Crippen LogP contribution is 2.13. The molecule has 2 N–H and O–H groups in total. The Labute approximate surface area is 135 Å². The van der Waals surface area contributed by atoms with E-state index in [9.17, 15) is 18.0 Å². The first-order valence-corrected chi connectivity index (χ1v) is 9.22. The van der Waals surface area contributed by atoms with Gasteiger partial charge < -0.3 is 15.1 Å². The minimum absolute atomic E-state index is 0.0940. The van der Waals surface area contributed by atoms with E-state index >= 15 is 0 Å². The van der Waals surface area contributed by atoms with Gasteiger partial charge in [-0.25, -0.2) is 12.7 Å². The highest BCUT2D eigenvalue weighted by molar-refractivity contribution is 7.88. The molecule has 1 aromatic heterocycles. The molecule has 1 saturated heterocycles. The average Bonchev–Trinajstić information content (AvgIpc) is 3.01. The quantitative estimate of drug-likeness (QED) is 0.778. The van der Waals surface area contributed by atoms with E-state index in [-0.39, 0.29) is 17.7 Å². The third-order valence-electron chi connectivity index (χ3n) is 3.76. The highest BCUT2D eigenvalue weighted by atomic mass is 32.2. The summed E-state index contributed by atoms with van der Waals surface area (Å²) in [6, 6.07) is 2.31. The van der Waals surface area contributed by atoms with Crippen molar-refractivity contribution in [2.75, 3.05) is 19.3 Å². The van der Waals surface area contributed by atoms with Crippen molar-refractivity contribution in [1.82, 2.24) is 14.9 Å². The van der Waals surface area contributed by atoms with Gasteiger partial charge >= 0.3 is 0 Å². The number of hydrogen-bond acceptors (Lipinski definition) is 5. The zero-order chi connectivity index (χ0) is 17.0. The van der Waals surface area contributed by atoms with Gasteiger partial charge in [0.05, 0.1) is 12.5 Å². The van der Waals surface area contributed by atoms with Crippen LogP contribution in [0.4, 0.5) is 0 Å². The molecule has 0 aliphatic carbocycles. The van der Waals surface area contributed by atoms with Crippen LogP contribution in [0.1, 0.15) is 30.3 Å². The summed E-state index contributed by atoms with van der Waals surface area (Å²) in [7, 11) is -3.18.